The minimum atomic E-state index is -0.987. The number of fused-ring (bicyclic) bond motifs is 1. The molecule has 2 aromatic carbocycles. The van der Waals surface area contributed by atoms with Crippen LogP contribution in [0.3, 0.4) is 0 Å². The molecule has 2 aromatic rings. The van der Waals surface area contributed by atoms with Gasteiger partial charge in [0.05, 0.1) is 11.4 Å². The summed E-state index contributed by atoms with van der Waals surface area (Å²) in [6, 6.07) is 16.9. The average molecular weight is 364 g/mol. The van der Waals surface area contributed by atoms with Crippen molar-refractivity contribution in [2.24, 2.45) is 4.99 Å². The van der Waals surface area contributed by atoms with E-state index in [1.54, 1.807) is 11.9 Å². The van der Waals surface area contributed by atoms with E-state index in [-0.39, 0.29) is 5.91 Å². The summed E-state index contributed by atoms with van der Waals surface area (Å²) in [5.41, 5.74) is 3.20. The van der Waals surface area contributed by atoms with Gasteiger partial charge in [0.25, 0.3) is 5.91 Å². The number of carbonyl (C=O) groups excluding carboxylic acids is 2. The maximum atomic E-state index is 12.9. The van der Waals surface area contributed by atoms with Gasteiger partial charge in [0, 0.05) is 24.7 Å². The molecule has 0 saturated carbocycles. The quantitative estimate of drug-likeness (QED) is 0.801. The molecule has 1 atom stereocenters. The second-order valence-corrected chi connectivity index (χ2v) is 6.41. The molecule has 1 unspecified atom stereocenters. The number of benzodiazepines with no additional fused rings is 1. The van der Waals surface area contributed by atoms with Crippen LogP contribution in [0.15, 0.2) is 59.6 Å². The Morgan fingerprint density at radius 2 is 1.81 bits per heavy atom. The van der Waals surface area contributed by atoms with Gasteiger partial charge >= 0.3 is 6.03 Å². The second kappa shape index (κ2) is 8.49. The Hall–Kier alpha value is -3.15. The molecule has 6 nitrogen and oxygen atoms in total. The summed E-state index contributed by atoms with van der Waals surface area (Å²) in [6.45, 7) is 2.62. The van der Waals surface area contributed by atoms with Gasteiger partial charge in [-0.2, -0.15) is 0 Å². The Labute approximate surface area is 159 Å². The van der Waals surface area contributed by atoms with Gasteiger partial charge in [0.2, 0.25) is 6.17 Å². The highest BCUT2D eigenvalue weighted by atomic mass is 16.2. The predicted molar refractivity (Wildman–Crippen MR) is 107 cm³/mol. The zero-order chi connectivity index (χ0) is 19.2. The van der Waals surface area contributed by atoms with Crippen molar-refractivity contribution in [3.63, 3.8) is 0 Å². The first-order valence-electron chi connectivity index (χ1n) is 9.16. The number of unbranched alkanes of at least 4 members (excludes halogenated alkanes) is 1. The highest BCUT2D eigenvalue weighted by Crippen LogP contribution is 2.26. The Kier molecular flexibility index (Phi) is 5.86. The van der Waals surface area contributed by atoms with E-state index in [1.165, 1.54) is 0 Å². The highest BCUT2D eigenvalue weighted by molar-refractivity contribution is 6.20. The van der Waals surface area contributed by atoms with Crippen molar-refractivity contribution in [1.82, 2.24) is 10.6 Å². The molecule has 0 saturated heterocycles. The van der Waals surface area contributed by atoms with E-state index >= 15 is 0 Å². The number of nitrogens with zero attached hydrogens (tertiary/aromatic N) is 2. The minimum Gasteiger partial charge on any atom is -0.338 e. The van der Waals surface area contributed by atoms with Crippen molar-refractivity contribution in [2.75, 3.05) is 18.5 Å². The van der Waals surface area contributed by atoms with Crippen LogP contribution < -0.4 is 15.5 Å². The summed E-state index contributed by atoms with van der Waals surface area (Å²) in [4.78, 5) is 31.3. The fourth-order valence-electron chi connectivity index (χ4n) is 3.00. The number of hydrogen-bond donors (Lipinski definition) is 2. The molecule has 0 aliphatic carbocycles. The molecule has 1 aliphatic heterocycles. The molecule has 0 fully saturated rings. The number of hydrogen-bond acceptors (Lipinski definition) is 3. The first-order valence-corrected chi connectivity index (χ1v) is 9.16. The van der Waals surface area contributed by atoms with Crippen LogP contribution in [0.1, 0.15) is 30.9 Å². The number of urea groups is 1. The number of carbonyl (C=O) groups is 2. The fraction of sp³-hybridized carbons (Fsp3) is 0.286. The van der Waals surface area contributed by atoms with E-state index < -0.39 is 12.2 Å². The number of para-hydroxylation sites is 1. The topological polar surface area (TPSA) is 73.8 Å². The van der Waals surface area contributed by atoms with Crippen molar-refractivity contribution in [2.45, 2.75) is 25.9 Å². The Morgan fingerprint density at radius 1 is 1.11 bits per heavy atom. The summed E-state index contributed by atoms with van der Waals surface area (Å²) in [7, 11) is 1.70. The van der Waals surface area contributed by atoms with Gasteiger partial charge in [-0.1, -0.05) is 61.9 Å². The smallest absolute Gasteiger partial charge is 0.316 e. The van der Waals surface area contributed by atoms with E-state index in [2.05, 4.69) is 22.5 Å². The zero-order valence-electron chi connectivity index (χ0n) is 15.6. The van der Waals surface area contributed by atoms with Crippen LogP contribution in [0.25, 0.3) is 0 Å². The minimum absolute atomic E-state index is 0.279. The molecule has 0 bridgehead atoms. The molecule has 1 aliphatic rings. The third-order valence-corrected chi connectivity index (χ3v) is 4.47. The van der Waals surface area contributed by atoms with E-state index in [4.69, 9.17) is 0 Å². The average Bonchev–Trinajstić information content (AvgIpc) is 2.80. The zero-order valence-corrected chi connectivity index (χ0v) is 15.6. The number of likely N-dealkylation sites (N-methyl/N-ethyl adjacent to an activating group) is 1. The first kappa shape index (κ1) is 18.6. The molecular weight excluding hydrogens is 340 g/mol. The molecule has 140 valence electrons. The lowest BCUT2D eigenvalue weighted by Gasteiger charge is -2.21. The highest BCUT2D eigenvalue weighted by Gasteiger charge is 2.30. The van der Waals surface area contributed by atoms with Gasteiger partial charge in [-0.3, -0.25) is 4.79 Å². The lowest BCUT2D eigenvalue weighted by molar-refractivity contribution is -0.119. The number of nitrogens with one attached hydrogen (secondary N) is 2. The van der Waals surface area contributed by atoms with Crippen LogP contribution in [0, 0.1) is 0 Å². The maximum absolute atomic E-state index is 12.9. The Bertz CT molecular complexity index is 848. The van der Waals surface area contributed by atoms with Gasteiger partial charge in [0.15, 0.2) is 0 Å². The van der Waals surface area contributed by atoms with E-state index in [0.29, 0.717) is 12.3 Å². The molecular formula is C21H24N4O2. The third-order valence-electron chi connectivity index (χ3n) is 4.47. The van der Waals surface area contributed by atoms with Gasteiger partial charge in [0.1, 0.15) is 0 Å². The fourth-order valence-corrected chi connectivity index (χ4v) is 3.00. The second-order valence-electron chi connectivity index (χ2n) is 6.41. The molecule has 0 spiro atoms. The summed E-state index contributed by atoms with van der Waals surface area (Å²) in [6.07, 6.45) is 0.881. The van der Waals surface area contributed by atoms with Crippen LogP contribution in [-0.2, 0) is 4.79 Å². The molecule has 3 amide bonds. The lowest BCUT2D eigenvalue weighted by Crippen LogP contribution is -2.49. The molecule has 1 heterocycles. The largest absolute Gasteiger partial charge is 0.338 e. The summed E-state index contributed by atoms with van der Waals surface area (Å²) in [5, 5.41) is 5.48. The van der Waals surface area contributed by atoms with Crippen molar-refractivity contribution in [3.8, 4) is 0 Å². The summed E-state index contributed by atoms with van der Waals surface area (Å²) in [5.74, 6) is -0.279. The summed E-state index contributed by atoms with van der Waals surface area (Å²) >= 11 is 0. The summed E-state index contributed by atoms with van der Waals surface area (Å²) < 4.78 is 0. The molecule has 0 radical (unpaired) electrons. The maximum Gasteiger partial charge on any atom is 0.316 e. The standard InChI is InChI=1S/C21H24N4O2/c1-3-4-14-22-21(27)24-19-20(26)25(2)17-13-9-8-12-16(17)18(23-19)15-10-6-5-7-11-15/h5-13,19H,3-4,14H2,1-2H3,(H2,22,24,27). The van der Waals surface area contributed by atoms with Crippen LogP contribution in [0.4, 0.5) is 10.5 Å². The van der Waals surface area contributed by atoms with Crippen LogP contribution in [0.5, 0.6) is 0 Å². The van der Waals surface area contributed by atoms with E-state index in [1.807, 2.05) is 54.6 Å². The normalized spacial score (nSPS) is 16.2. The van der Waals surface area contributed by atoms with E-state index in [9.17, 15) is 9.59 Å². The first-order chi connectivity index (χ1) is 13.1. The number of aliphatic imine (C=N–C) groups is 1. The van der Waals surface area contributed by atoms with Crippen molar-refractivity contribution in [3.05, 3.63) is 65.7 Å². The van der Waals surface area contributed by atoms with E-state index in [0.717, 1.165) is 29.7 Å². The number of benzene rings is 2. The van der Waals surface area contributed by atoms with Gasteiger partial charge in [-0.15, -0.1) is 0 Å². The third kappa shape index (κ3) is 4.16. The van der Waals surface area contributed by atoms with Crippen LogP contribution >= 0.6 is 0 Å². The molecule has 27 heavy (non-hydrogen) atoms. The van der Waals surface area contributed by atoms with Crippen molar-refractivity contribution in [1.29, 1.82) is 0 Å². The monoisotopic (exact) mass is 364 g/mol. The molecule has 3 rings (SSSR count). The van der Waals surface area contributed by atoms with Gasteiger partial charge in [-0.05, 0) is 12.5 Å². The van der Waals surface area contributed by atoms with Crippen molar-refractivity contribution < 1.29 is 9.59 Å². The molecule has 6 heteroatoms. The molecule has 2 N–H and O–H groups in total. The van der Waals surface area contributed by atoms with Crippen LogP contribution in [0.2, 0.25) is 0 Å². The Balaban J connectivity index is 1.97. The number of amides is 3. The van der Waals surface area contributed by atoms with Gasteiger partial charge in [-0.25, -0.2) is 9.79 Å². The SMILES string of the molecule is CCCCNC(=O)NC1N=C(c2ccccc2)c2ccccc2N(C)C1=O. The predicted octanol–water partition coefficient (Wildman–Crippen LogP) is 2.93. The van der Waals surface area contributed by atoms with Gasteiger partial charge < -0.3 is 15.5 Å². The number of anilines is 1. The lowest BCUT2D eigenvalue weighted by atomic mass is 10.0. The Morgan fingerprint density at radius 3 is 2.56 bits per heavy atom. The number of rotatable bonds is 5. The van der Waals surface area contributed by atoms with Crippen molar-refractivity contribution >= 4 is 23.3 Å². The van der Waals surface area contributed by atoms with Crippen LogP contribution in [-0.4, -0.2) is 37.4 Å². The molecule has 0 aromatic heterocycles.